The van der Waals surface area contributed by atoms with E-state index in [1.165, 1.54) is 32.4 Å². The Balaban J connectivity index is 1.61. The van der Waals surface area contributed by atoms with Gasteiger partial charge in [-0.05, 0) is 67.1 Å². The minimum Gasteiger partial charge on any atom is -0.497 e. The molecule has 1 amide bonds. The quantitative estimate of drug-likeness (QED) is 0.646. The summed E-state index contributed by atoms with van der Waals surface area (Å²) in [6.45, 7) is 1.61. The number of ether oxygens (including phenoxy) is 1. The van der Waals surface area contributed by atoms with Gasteiger partial charge in [-0.15, -0.1) is 0 Å². The van der Waals surface area contributed by atoms with Crippen LogP contribution in [0.2, 0.25) is 0 Å². The van der Waals surface area contributed by atoms with Crippen molar-refractivity contribution in [1.82, 2.24) is 0 Å². The van der Waals surface area contributed by atoms with Crippen LogP contribution < -0.4 is 15.0 Å². The first-order chi connectivity index (χ1) is 14.8. The summed E-state index contributed by atoms with van der Waals surface area (Å²) in [5.41, 5.74) is 0.438. The molecule has 1 N–H and O–H groups in total. The summed E-state index contributed by atoms with van der Waals surface area (Å²) in [5, 5.41) is 2.72. The number of amides is 1. The number of carbonyl (C=O) groups excluding carboxylic acids is 1. The number of nitrogens with one attached hydrogen (secondary N) is 1. The Morgan fingerprint density at radius 3 is 2.42 bits per heavy atom. The molecule has 1 heterocycles. The van der Waals surface area contributed by atoms with Gasteiger partial charge in [-0.2, -0.15) is 13.2 Å². The number of benzene rings is 2. The summed E-state index contributed by atoms with van der Waals surface area (Å²) >= 11 is 0. The van der Waals surface area contributed by atoms with E-state index >= 15 is 0 Å². The van der Waals surface area contributed by atoms with E-state index in [-0.39, 0.29) is 5.69 Å². The third-order valence-corrected chi connectivity index (χ3v) is 6.56. The summed E-state index contributed by atoms with van der Waals surface area (Å²) < 4.78 is 45.2. The summed E-state index contributed by atoms with van der Waals surface area (Å²) in [7, 11) is 1.53. The number of hydrogen-bond donors (Lipinski definition) is 1. The molecule has 0 spiro atoms. The second-order valence-corrected chi connectivity index (χ2v) is 8.45. The molecule has 4 rings (SSSR count). The van der Waals surface area contributed by atoms with E-state index in [4.69, 9.17) is 4.74 Å². The highest BCUT2D eigenvalue weighted by Crippen LogP contribution is 2.41. The number of methoxy groups -OCH3 is 1. The van der Waals surface area contributed by atoms with Crippen LogP contribution in [0, 0.1) is 11.8 Å². The Morgan fingerprint density at radius 2 is 1.74 bits per heavy atom. The van der Waals surface area contributed by atoms with Crippen molar-refractivity contribution in [1.29, 1.82) is 0 Å². The highest BCUT2D eigenvalue weighted by atomic mass is 19.4. The van der Waals surface area contributed by atoms with Crippen LogP contribution in [0.4, 0.5) is 24.5 Å². The molecular formula is C24H27F3N2O2. The second kappa shape index (κ2) is 8.81. The molecule has 0 unspecified atom stereocenters. The summed E-state index contributed by atoms with van der Waals surface area (Å²) in [4.78, 5) is 14.9. The van der Waals surface area contributed by atoms with Gasteiger partial charge in [0.2, 0.25) is 0 Å². The molecule has 166 valence electrons. The highest BCUT2D eigenvalue weighted by Gasteiger charge is 2.34. The Bertz CT molecular complexity index is 927. The molecule has 1 saturated carbocycles. The van der Waals surface area contributed by atoms with E-state index in [1.54, 1.807) is 24.3 Å². The maximum Gasteiger partial charge on any atom is 0.416 e. The Morgan fingerprint density at radius 1 is 1.03 bits per heavy atom. The molecule has 2 atom stereocenters. The van der Waals surface area contributed by atoms with Gasteiger partial charge in [-0.1, -0.05) is 19.3 Å². The first-order valence-electron chi connectivity index (χ1n) is 10.8. The molecule has 7 heteroatoms. The van der Waals surface area contributed by atoms with Gasteiger partial charge in [-0.25, -0.2) is 0 Å². The molecule has 2 fully saturated rings. The monoisotopic (exact) mass is 432 g/mol. The van der Waals surface area contributed by atoms with Gasteiger partial charge in [0, 0.05) is 18.7 Å². The molecular weight excluding hydrogens is 405 g/mol. The zero-order valence-corrected chi connectivity index (χ0v) is 17.5. The lowest BCUT2D eigenvalue weighted by molar-refractivity contribution is -0.137. The molecule has 2 aliphatic rings. The molecule has 2 aromatic rings. The standard InChI is InChI=1S/C24H27F3N2O2/c1-31-20-9-6-17(7-10-20)23(30)28-21-14-19(24(25,26)27)8-11-22(21)29-13-12-16-4-2-3-5-18(16)15-29/h6-11,14,16,18H,2-5,12-13,15H2,1H3,(H,28,30)/t16-,18-/m0/s1. The Labute approximate surface area is 180 Å². The predicted molar refractivity (Wildman–Crippen MR) is 115 cm³/mol. The van der Waals surface area contributed by atoms with Crippen LogP contribution in [0.25, 0.3) is 0 Å². The van der Waals surface area contributed by atoms with Gasteiger partial charge in [-0.3, -0.25) is 4.79 Å². The highest BCUT2D eigenvalue weighted by molar-refractivity contribution is 6.06. The van der Waals surface area contributed by atoms with E-state index in [0.29, 0.717) is 28.8 Å². The number of carbonyl (C=O) groups is 1. The topological polar surface area (TPSA) is 41.6 Å². The lowest BCUT2D eigenvalue weighted by Crippen LogP contribution is -2.42. The zero-order chi connectivity index (χ0) is 22.0. The molecule has 31 heavy (non-hydrogen) atoms. The van der Waals surface area contributed by atoms with Crippen LogP contribution in [0.15, 0.2) is 42.5 Å². The van der Waals surface area contributed by atoms with Crippen molar-refractivity contribution < 1.29 is 22.7 Å². The number of alkyl halides is 3. The Kier molecular flexibility index (Phi) is 6.12. The van der Waals surface area contributed by atoms with Crippen LogP contribution in [0.3, 0.4) is 0 Å². The van der Waals surface area contributed by atoms with Crippen molar-refractivity contribution in [3.05, 3.63) is 53.6 Å². The maximum absolute atomic E-state index is 13.4. The number of anilines is 2. The van der Waals surface area contributed by atoms with E-state index in [2.05, 4.69) is 10.2 Å². The van der Waals surface area contributed by atoms with Gasteiger partial charge in [0.15, 0.2) is 0 Å². The van der Waals surface area contributed by atoms with Gasteiger partial charge in [0.1, 0.15) is 5.75 Å². The molecule has 2 aromatic carbocycles. The SMILES string of the molecule is COc1ccc(C(=O)Nc2cc(C(F)(F)F)ccc2N2CC[C@@H]3CCCC[C@H]3C2)cc1. The van der Waals surface area contributed by atoms with Gasteiger partial charge < -0.3 is 15.0 Å². The van der Waals surface area contributed by atoms with Crippen molar-refractivity contribution in [2.24, 2.45) is 11.8 Å². The van der Waals surface area contributed by atoms with E-state index in [9.17, 15) is 18.0 Å². The van der Waals surface area contributed by atoms with E-state index in [1.807, 2.05) is 0 Å². The van der Waals surface area contributed by atoms with Gasteiger partial charge in [0.05, 0.1) is 24.0 Å². The second-order valence-electron chi connectivity index (χ2n) is 8.45. The maximum atomic E-state index is 13.4. The molecule has 0 aromatic heterocycles. The van der Waals surface area contributed by atoms with Crippen molar-refractivity contribution in [3.63, 3.8) is 0 Å². The number of piperidine rings is 1. The van der Waals surface area contributed by atoms with E-state index < -0.39 is 17.6 Å². The van der Waals surface area contributed by atoms with Crippen LogP contribution in [-0.4, -0.2) is 26.1 Å². The number of rotatable bonds is 4. The molecule has 1 aliphatic carbocycles. The van der Waals surface area contributed by atoms with Crippen LogP contribution in [-0.2, 0) is 6.18 Å². The number of fused-ring (bicyclic) bond motifs is 1. The molecule has 4 nitrogen and oxygen atoms in total. The fourth-order valence-corrected chi connectivity index (χ4v) is 4.84. The summed E-state index contributed by atoms with van der Waals surface area (Å²) in [5.74, 6) is 1.43. The zero-order valence-electron chi connectivity index (χ0n) is 17.5. The molecule has 1 aliphatic heterocycles. The molecule has 1 saturated heterocycles. The van der Waals surface area contributed by atoms with E-state index in [0.717, 1.165) is 38.1 Å². The predicted octanol–water partition coefficient (Wildman–Crippen LogP) is 5.98. The van der Waals surface area contributed by atoms with Gasteiger partial charge in [0.25, 0.3) is 5.91 Å². The molecule has 0 radical (unpaired) electrons. The third-order valence-electron chi connectivity index (χ3n) is 6.56. The van der Waals surface area contributed by atoms with Crippen molar-refractivity contribution in [2.45, 2.75) is 38.3 Å². The van der Waals surface area contributed by atoms with Gasteiger partial charge >= 0.3 is 6.18 Å². The fourth-order valence-electron chi connectivity index (χ4n) is 4.84. The minimum absolute atomic E-state index is 0.199. The number of hydrogen-bond acceptors (Lipinski definition) is 3. The van der Waals surface area contributed by atoms with Crippen molar-refractivity contribution in [3.8, 4) is 5.75 Å². The van der Waals surface area contributed by atoms with Crippen LogP contribution in [0.1, 0.15) is 48.0 Å². The largest absolute Gasteiger partial charge is 0.497 e. The fraction of sp³-hybridized carbons (Fsp3) is 0.458. The summed E-state index contributed by atoms with van der Waals surface area (Å²) in [6, 6.07) is 10.1. The molecule has 0 bridgehead atoms. The smallest absolute Gasteiger partial charge is 0.416 e. The minimum atomic E-state index is -4.48. The van der Waals surface area contributed by atoms with Crippen LogP contribution >= 0.6 is 0 Å². The lowest BCUT2D eigenvalue weighted by Gasteiger charge is -2.42. The van der Waals surface area contributed by atoms with Crippen molar-refractivity contribution in [2.75, 3.05) is 30.4 Å². The van der Waals surface area contributed by atoms with Crippen molar-refractivity contribution >= 4 is 17.3 Å². The average molecular weight is 432 g/mol. The van der Waals surface area contributed by atoms with Crippen LogP contribution in [0.5, 0.6) is 5.75 Å². The lowest BCUT2D eigenvalue weighted by atomic mass is 9.75. The third kappa shape index (κ3) is 4.81. The normalized spacial score (nSPS) is 21.4. The Hall–Kier alpha value is -2.70. The number of nitrogens with zero attached hydrogens (tertiary/aromatic N) is 1. The first-order valence-corrected chi connectivity index (χ1v) is 10.8. The first kappa shape index (κ1) is 21.5. The average Bonchev–Trinajstić information content (AvgIpc) is 2.78. The summed E-state index contributed by atoms with van der Waals surface area (Å²) in [6.07, 6.45) is 1.45. The number of halogens is 3.